The maximum Gasteiger partial charge on any atom is 0.408 e. The van der Waals surface area contributed by atoms with Crippen molar-refractivity contribution in [3.8, 4) is 0 Å². The highest BCUT2D eigenvalue weighted by Crippen LogP contribution is 2.23. The number of carbonyl (C=O) groups is 1. The summed E-state index contributed by atoms with van der Waals surface area (Å²) in [6, 6.07) is -0.731. The van der Waals surface area contributed by atoms with Crippen LogP contribution in [0.4, 0.5) is 9.18 Å². The third-order valence-electron chi connectivity index (χ3n) is 1.70. The van der Waals surface area contributed by atoms with E-state index in [-0.39, 0.29) is 5.82 Å². The lowest BCUT2D eigenvalue weighted by Gasteiger charge is -2.08. The minimum absolute atomic E-state index is 0.168. The number of ether oxygens (including phenoxy) is 1. The van der Waals surface area contributed by atoms with Crippen LogP contribution in [0.15, 0.2) is 10.9 Å². The average Bonchev–Trinajstić information content (AvgIpc) is 2.71. The van der Waals surface area contributed by atoms with Crippen LogP contribution < -0.4 is 5.32 Å². The van der Waals surface area contributed by atoms with Crippen LogP contribution in [-0.4, -0.2) is 29.0 Å². The Labute approximate surface area is 72.1 Å². The fourth-order valence-corrected chi connectivity index (χ4v) is 1.11. The second-order valence-corrected chi connectivity index (χ2v) is 2.52. The lowest BCUT2D eigenvalue weighted by Crippen LogP contribution is -2.29. The highest BCUT2D eigenvalue weighted by Gasteiger charge is 2.38. The molecule has 13 heavy (non-hydrogen) atoms. The first-order chi connectivity index (χ1) is 6.31. The molecule has 1 amide bonds. The summed E-state index contributed by atoms with van der Waals surface area (Å²) in [4.78, 5) is 14.4. The standard InChI is InChI=1S/C6H6FN3O3/c7-1-3-4(13-6(11)9-3)5-8-2-12-10-5/h2-4H,1H2,(H,9,11)/t3-,4+/m1/s1. The van der Waals surface area contributed by atoms with Gasteiger partial charge in [0.15, 0.2) is 6.10 Å². The van der Waals surface area contributed by atoms with Gasteiger partial charge in [-0.05, 0) is 0 Å². The summed E-state index contributed by atoms with van der Waals surface area (Å²) in [7, 11) is 0. The molecule has 2 heterocycles. The molecule has 0 saturated carbocycles. The molecule has 1 saturated heterocycles. The number of hydrogen-bond donors (Lipinski definition) is 1. The van der Waals surface area contributed by atoms with Gasteiger partial charge in [-0.15, -0.1) is 0 Å². The maximum atomic E-state index is 12.3. The van der Waals surface area contributed by atoms with Crippen molar-refractivity contribution in [1.82, 2.24) is 15.5 Å². The SMILES string of the molecule is O=C1N[C@H](CF)[C@@H](c2ncon2)O1. The van der Waals surface area contributed by atoms with E-state index in [4.69, 9.17) is 4.74 Å². The molecule has 2 rings (SSSR count). The molecule has 70 valence electrons. The Morgan fingerprint density at radius 1 is 1.69 bits per heavy atom. The third kappa shape index (κ3) is 1.32. The van der Waals surface area contributed by atoms with Crippen molar-refractivity contribution in [2.24, 2.45) is 0 Å². The van der Waals surface area contributed by atoms with E-state index >= 15 is 0 Å². The van der Waals surface area contributed by atoms with Gasteiger partial charge in [-0.2, -0.15) is 4.98 Å². The summed E-state index contributed by atoms with van der Waals surface area (Å²) in [5.74, 6) is 0.168. The van der Waals surface area contributed by atoms with Crippen molar-refractivity contribution in [1.29, 1.82) is 0 Å². The number of amides is 1. The number of nitrogens with zero attached hydrogens (tertiary/aromatic N) is 2. The molecule has 0 aromatic carbocycles. The first-order valence-electron chi connectivity index (χ1n) is 3.60. The van der Waals surface area contributed by atoms with Crippen molar-refractivity contribution in [3.63, 3.8) is 0 Å². The molecular weight excluding hydrogens is 181 g/mol. The molecule has 0 radical (unpaired) electrons. The van der Waals surface area contributed by atoms with Gasteiger partial charge in [-0.25, -0.2) is 9.18 Å². The molecule has 0 spiro atoms. The van der Waals surface area contributed by atoms with Gasteiger partial charge in [0.2, 0.25) is 12.2 Å². The van der Waals surface area contributed by atoms with Gasteiger partial charge in [0, 0.05) is 0 Å². The van der Waals surface area contributed by atoms with Gasteiger partial charge < -0.3 is 14.6 Å². The predicted octanol–water partition coefficient (Wildman–Crippen LogP) is 0.189. The van der Waals surface area contributed by atoms with Gasteiger partial charge in [0.05, 0.1) is 0 Å². The Balaban J connectivity index is 2.19. The van der Waals surface area contributed by atoms with Gasteiger partial charge in [-0.3, -0.25) is 0 Å². The number of aromatic nitrogens is 2. The highest BCUT2D eigenvalue weighted by atomic mass is 19.1. The molecule has 2 atom stereocenters. The van der Waals surface area contributed by atoms with E-state index in [2.05, 4.69) is 20.0 Å². The van der Waals surface area contributed by atoms with E-state index in [0.29, 0.717) is 0 Å². The number of alkyl carbamates (subject to hydrolysis) is 1. The minimum Gasteiger partial charge on any atom is -0.436 e. The van der Waals surface area contributed by atoms with Gasteiger partial charge in [0.25, 0.3) is 0 Å². The van der Waals surface area contributed by atoms with Crippen LogP contribution in [-0.2, 0) is 4.74 Å². The Morgan fingerprint density at radius 3 is 3.15 bits per heavy atom. The summed E-state index contributed by atoms with van der Waals surface area (Å²) < 4.78 is 21.5. The van der Waals surface area contributed by atoms with Crippen LogP contribution in [0.2, 0.25) is 0 Å². The molecule has 0 bridgehead atoms. The summed E-state index contributed by atoms with van der Waals surface area (Å²) in [6.07, 6.45) is -0.370. The van der Waals surface area contributed by atoms with E-state index in [1.54, 1.807) is 0 Å². The molecule has 1 aromatic heterocycles. The van der Waals surface area contributed by atoms with Crippen molar-refractivity contribution >= 4 is 6.09 Å². The molecule has 6 nitrogen and oxygen atoms in total. The summed E-state index contributed by atoms with van der Waals surface area (Å²) in [5, 5.41) is 5.74. The number of rotatable bonds is 2. The van der Waals surface area contributed by atoms with Gasteiger partial charge in [0.1, 0.15) is 12.7 Å². The van der Waals surface area contributed by atoms with Crippen molar-refractivity contribution in [2.75, 3.05) is 6.67 Å². The lowest BCUT2D eigenvalue weighted by molar-refractivity contribution is 0.121. The largest absolute Gasteiger partial charge is 0.436 e. The van der Waals surface area contributed by atoms with Crippen LogP contribution in [0.5, 0.6) is 0 Å². The fourth-order valence-electron chi connectivity index (χ4n) is 1.11. The summed E-state index contributed by atoms with van der Waals surface area (Å²) >= 11 is 0. The van der Waals surface area contributed by atoms with E-state index in [9.17, 15) is 9.18 Å². The minimum atomic E-state index is -0.795. The van der Waals surface area contributed by atoms with Crippen LogP contribution in [0.1, 0.15) is 11.9 Å². The molecule has 1 aliphatic rings. The normalized spacial score (nSPS) is 27.0. The van der Waals surface area contributed by atoms with E-state index in [1.165, 1.54) is 0 Å². The average molecular weight is 187 g/mol. The van der Waals surface area contributed by atoms with Gasteiger partial charge in [-0.1, -0.05) is 5.16 Å². The summed E-state index contributed by atoms with van der Waals surface area (Å²) in [6.45, 7) is -0.731. The van der Waals surface area contributed by atoms with Crippen LogP contribution in [0.3, 0.4) is 0 Å². The molecule has 1 fully saturated rings. The molecular formula is C6H6FN3O3. The van der Waals surface area contributed by atoms with E-state index in [0.717, 1.165) is 6.39 Å². The molecule has 7 heteroatoms. The Kier molecular flexibility index (Phi) is 1.84. The molecule has 0 unspecified atom stereocenters. The van der Waals surface area contributed by atoms with Crippen molar-refractivity contribution < 1.29 is 18.4 Å². The van der Waals surface area contributed by atoms with Crippen LogP contribution in [0.25, 0.3) is 0 Å². The van der Waals surface area contributed by atoms with E-state index < -0.39 is 24.9 Å². The number of hydrogen-bond acceptors (Lipinski definition) is 5. The fraction of sp³-hybridized carbons (Fsp3) is 0.500. The van der Waals surface area contributed by atoms with Gasteiger partial charge >= 0.3 is 6.09 Å². The first kappa shape index (κ1) is 7.96. The Hall–Kier alpha value is -1.66. The molecule has 1 aliphatic heterocycles. The zero-order valence-corrected chi connectivity index (χ0v) is 6.44. The second-order valence-electron chi connectivity index (χ2n) is 2.52. The number of halogens is 1. The number of alkyl halides is 1. The highest BCUT2D eigenvalue weighted by molar-refractivity contribution is 5.70. The molecule has 1 N–H and O–H groups in total. The van der Waals surface area contributed by atoms with Crippen molar-refractivity contribution in [3.05, 3.63) is 12.2 Å². The number of cyclic esters (lactones) is 1. The zero-order valence-electron chi connectivity index (χ0n) is 6.44. The summed E-state index contributed by atoms with van der Waals surface area (Å²) in [5.41, 5.74) is 0. The third-order valence-corrected chi connectivity index (χ3v) is 1.70. The molecule has 0 aliphatic carbocycles. The smallest absolute Gasteiger partial charge is 0.408 e. The number of carbonyl (C=O) groups excluding carboxylic acids is 1. The van der Waals surface area contributed by atoms with E-state index in [1.807, 2.05) is 0 Å². The first-order valence-corrected chi connectivity index (χ1v) is 3.60. The number of nitrogens with one attached hydrogen (secondary N) is 1. The van der Waals surface area contributed by atoms with Crippen LogP contribution >= 0.6 is 0 Å². The zero-order chi connectivity index (χ0) is 9.26. The Morgan fingerprint density at radius 2 is 2.54 bits per heavy atom. The lowest BCUT2D eigenvalue weighted by atomic mass is 10.2. The van der Waals surface area contributed by atoms with Crippen molar-refractivity contribution in [2.45, 2.75) is 12.1 Å². The monoisotopic (exact) mass is 187 g/mol. The maximum absolute atomic E-state index is 12.3. The molecule has 1 aromatic rings. The second kappa shape index (κ2) is 3.00. The predicted molar refractivity (Wildman–Crippen MR) is 36.4 cm³/mol. The van der Waals surface area contributed by atoms with Crippen LogP contribution in [0, 0.1) is 0 Å². The topological polar surface area (TPSA) is 77.3 Å². The Bertz CT molecular complexity index is 302. The quantitative estimate of drug-likeness (QED) is 0.714.